The Morgan fingerprint density at radius 3 is 1.96 bits per heavy atom. The molecule has 0 radical (unpaired) electrons. The first-order valence-electron chi connectivity index (χ1n) is 23.6. The standard InChI is InChI=1S/C48H62N6O16/c1-25-19-29(49)37(57)43(40(25)68-44-30(20-31(56)34(66-44)21-51-54-50)52-47(60)62-23-26-11-5-2-6-12-26)70-46-39(59)42(35(22-55)67-46)69-45-36(53-48(61)63-24-27-13-7-3-8-14-27)38(58)41-33(65-45)18-17-32(64-41)28-15-9-4-10-16-28/h2-16,25,29-46,55-59H,17-24,49H2,1H3,(H,52,60)(H,53,61)/t25-,29+,30+,31-,32?,33-,34+,35+,36+,37-,38+,39+,40+,41+,42+,43+,44+,45+,46-/m0/s1. The van der Waals surface area contributed by atoms with Crippen molar-refractivity contribution in [3.05, 3.63) is 118 Å². The van der Waals surface area contributed by atoms with Gasteiger partial charge in [0.15, 0.2) is 18.9 Å². The highest BCUT2D eigenvalue weighted by Crippen LogP contribution is 2.41. The first kappa shape index (κ1) is 51.3. The van der Waals surface area contributed by atoms with Crippen LogP contribution in [0.3, 0.4) is 0 Å². The van der Waals surface area contributed by atoms with Gasteiger partial charge >= 0.3 is 12.2 Å². The number of nitrogens with two attached hydrogens (primary N) is 1. The molecule has 19 atom stereocenters. The molecule has 4 heterocycles. The number of hydrogen-bond acceptors (Lipinski definition) is 18. The molecule has 1 saturated carbocycles. The molecule has 8 rings (SSSR count). The number of azide groups is 1. The quantitative estimate of drug-likeness (QED) is 0.0580. The van der Waals surface area contributed by atoms with E-state index in [1.54, 1.807) is 55.5 Å². The van der Waals surface area contributed by atoms with Crippen LogP contribution in [0.15, 0.2) is 96.1 Å². The molecule has 0 bridgehead atoms. The third-order valence-electron chi connectivity index (χ3n) is 13.4. The van der Waals surface area contributed by atoms with Crippen LogP contribution in [-0.2, 0) is 55.8 Å². The molecule has 9 N–H and O–H groups in total. The zero-order chi connectivity index (χ0) is 49.3. The second-order valence-corrected chi connectivity index (χ2v) is 18.3. The maximum absolute atomic E-state index is 13.4. The van der Waals surface area contributed by atoms with Crippen LogP contribution in [0.1, 0.15) is 55.4 Å². The molecule has 22 heteroatoms. The number of aliphatic hydroxyl groups excluding tert-OH is 5. The molecule has 1 unspecified atom stereocenters. The minimum absolute atomic E-state index is 0.0483. The summed E-state index contributed by atoms with van der Waals surface area (Å²) in [7, 11) is 0. The Kier molecular flexibility index (Phi) is 17.6. The lowest BCUT2D eigenvalue weighted by atomic mass is 9.80. The zero-order valence-electron chi connectivity index (χ0n) is 38.4. The minimum Gasteiger partial charge on any atom is -0.445 e. The lowest BCUT2D eigenvalue weighted by Crippen LogP contribution is -2.66. The Morgan fingerprint density at radius 2 is 1.31 bits per heavy atom. The third kappa shape index (κ3) is 12.4. The number of nitrogens with zero attached hydrogens (tertiary/aromatic N) is 3. The fourth-order valence-corrected chi connectivity index (χ4v) is 9.74. The fraction of sp³-hybridized carbons (Fsp3) is 0.583. The molecular formula is C48H62N6O16. The smallest absolute Gasteiger partial charge is 0.407 e. The molecule has 2 amide bonds. The molecule has 0 aromatic heterocycles. The summed E-state index contributed by atoms with van der Waals surface area (Å²) in [6.45, 7) is 0.709. The number of ether oxygens (including phenoxy) is 9. The van der Waals surface area contributed by atoms with Gasteiger partial charge in [0.2, 0.25) is 0 Å². The van der Waals surface area contributed by atoms with Crippen LogP contribution >= 0.6 is 0 Å². The van der Waals surface area contributed by atoms with Gasteiger partial charge in [0.05, 0.1) is 55.8 Å². The molecule has 5 fully saturated rings. The van der Waals surface area contributed by atoms with E-state index >= 15 is 0 Å². The van der Waals surface area contributed by atoms with Gasteiger partial charge in [-0.25, -0.2) is 9.59 Å². The first-order valence-corrected chi connectivity index (χ1v) is 23.6. The molecule has 0 spiro atoms. The van der Waals surface area contributed by atoms with E-state index in [-0.39, 0.29) is 38.7 Å². The average Bonchev–Trinajstić information content (AvgIpc) is 3.67. The number of carbonyl (C=O) groups is 2. The van der Waals surface area contributed by atoms with Crippen LogP contribution in [-0.4, -0.2) is 155 Å². The van der Waals surface area contributed by atoms with Crippen molar-refractivity contribution in [3.63, 3.8) is 0 Å². The van der Waals surface area contributed by atoms with E-state index in [2.05, 4.69) is 20.7 Å². The van der Waals surface area contributed by atoms with E-state index in [1.165, 1.54) is 0 Å². The molecule has 4 saturated heterocycles. The van der Waals surface area contributed by atoms with Crippen LogP contribution < -0.4 is 16.4 Å². The summed E-state index contributed by atoms with van der Waals surface area (Å²) >= 11 is 0. The summed E-state index contributed by atoms with van der Waals surface area (Å²) < 4.78 is 55.3. The van der Waals surface area contributed by atoms with Crippen molar-refractivity contribution in [1.29, 1.82) is 0 Å². The second-order valence-electron chi connectivity index (χ2n) is 18.3. The summed E-state index contributed by atoms with van der Waals surface area (Å²) in [6.07, 6.45) is -18.8. The fourth-order valence-electron chi connectivity index (χ4n) is 9.74. The topological polar surface area (TPSA) is 317 Å². The van der Waals surface area contributed by atoms with E-state index in [4.69, 9.17) is 53.9 Å². The molecule has 5 aliphatic rings. The van der Waals surface area contributed by atoms with Crippen molar-refractivity contribution in [1.82, 2.24) is 10.6 Å². The van der Waals surface area contributed by atoms with Crippen molar-refractivity contribution < 1.29 is 77.8 Å². The number of alkyl carbamates (subject to hydrolysis) is 2. The zero-order valence-corrected chi connectivity index (χ0v) is 38.4. The Labute approximate surface area is 403 Å². The third-order valence-corrected chi connectivity index (χ3v) is 13.4. The SMILES string of the molecule is C[C@H]1C[C@@H](N)[C@H](O)[C@@H](O[C@@H]2O[C@H](CO)[C@@H](O[C@H]3O[C@H]4CCC(c5ccccc5)O[C@H]4[C@H](O)[C@H]3NC(=O)OCc3ccccc3)[C@H]2O)[C@@H]1O[C@H]1O[C@H](CN=[N+]=[N-])[C@@H](O)C[C@H]1NC(=O)OCc1ccccc1. The van der Waals surface area contributed by atoms with E-state index in [0.717, 1.165) is 16.7 Å². The lowest BCUT2D eigenvalue weighted by molar-refractivity contribution is -0.310. The molecular weight excluding hydrogens is 917 g/mol. The minimum atomic E-state index is -1.68. The Hall–Kier alpha value is -5.01. The van der Waals surface area contributed by atoms with E-state index in [1.807, 2.05) is 42.5 Å². The van der Waals surface area contributed by atoms with Gasteiger partial charge in [-0.15, -0.1) is 0 Å². The van der Waals surface area contributed by atoms with Crippen LogP contribution in [0.4, 0.5) is 9.59 Å². The van der Waals surface area contributed by atoms with E-state index in [0.29, 0.717) is 12.8 Å². The molecule has 1 aliphatic carbocycles. The largest absolute Gasteiger partial charge is 0.445 e. The molecule has 70 heavy (non-hydrogen) atoms. The van der Waals surface area contributed by atoms with Crippen molar-refractivity contribution in [2.24, 2.45) is 16.8 Å². The Balaban J connectivity index is 0.984. The van der Waals surface area contributed by atoms with Gasteiger partial charge in [-0.1, -0.05) is 103 Å². The number of carbonyl (C=O) groups excluding carboxylic acids is 2. The van der Waals surface area contributed by atoms with Crippen LogP contribution in [0.25, 0.3) is 10.4 Å². The van der Waals surface area contributed by atoms with Crippen molar-refractivity contribution in [2.45, 2.75) is 156 Å². The molecule has 380 valence electrons. The monoisotopic (exact) mass is 978 g/mol. The number of hydrogen-bond donors (Lipinski definition) is 8. The number of rotatable bonds is 16. The maximum atomic E-state index is 13.4. The second kappa shape index (κ2) is 23.9. The average molecular weight is 979 g/mol. The maximum Gasteiger partial charge on any atom is 0.407 e. The lowest BCUT2D eigenvalue weighted by Gasteiger charge is -2.48. The predicted molar refractivity (Wildman–Crippen MR) is 242 cm³/mol. The predicted octanol–water partition coefficient (Wildman–Crippen LogP) is 2.33. The van der Waals surface area contributed by atoms with Gasteiger partial charge in [0, 0.05) is 17.4 Å². The van der Waals surface area contributed by atoms with Crippen molar-refractivity contribution in [3.8, 4) is 0 Å². The first-order chi connectivity index (χ1) is 33.9. The summed E-state index contributed by atoms with van der Waals surface area (Å²) in [5.41, 5.74) is 17.8. The van der Waals surface area contributed by atoms with Crippen LogP contribution in [0.5, 0.6) is 0 Å². The van der Waals surface area contributed by atoms with Gasteiger partial charge in [-0.3, -0.25) is 0 Å². The number of amides is 2. The summed E-state index contributed by atoms with van der Waals surface area (Å²) in [6, 6.07) is 24.3. The number of nitrogens with one attached hydrogen (secondary N) is 2. The molecule has 3 aromatic carbocycles. The van der Waals surface area contributed by atoms with Crippen molar-refractivity contribution in [2.75, 3.05) is 13.2 Å². The van der Waals surface area contributed by atoms with Gasteiger partial charge in [-0.2, -0.15) is 0 Å². The highest BCUT2D eigenvalue weighted by Gasteiger charge is 2.56. The van der Waals surface area contributed by atoms with E-state index < -0.39 is 129 Å². The van der Waals surface area contributed by atoms with Crippen LogP contribution in [0.2, 0.25) is 0 Å². The molecule has 22 nitrogen and oxygen atoms in total. The molecule has 4 aliphatic heterocycles. The highest BCUT2D eigenvalue weighted by atomic mass is 16.8. The normalized spacial score (nSPS) is 37.3. The van der Waals surface area contributed by atoms with E-state index in [9.17, 15) is 35.1 Å². The number of benzene rings is 3. The van der Waals surface area contributed by atoms with Gasteiger partial charge in [-0.05, 0) is 47.4 Å². The van der Waals surface area contributed by atoms with Gasteiger partial charge in [0.1, 0.15) is 55.9 Å². The van der Waals surface area contributed by atoms with Gasteiger partial charge in [0.25, 0.3) is 0 Å². The Bertz CT molecular complexity index is 2190. The summed E-state index contributed by atoms with van der Waals surface area (Å²) in [5.74, 6) is -0.461. The highest BCUT2D eigenvalue weighted by molar-refractivity contribution is 5.68. The summed E-state index contributed by atoms with van der Waals surface area (Å²) in [4.78, 5) is 29.3. The molecule has 3 aromatic rings. The Morgan fingerprint density at radius 1 is 0.714 bits per heavy atom. The van der Waals surface area contributed by atoms with Crippen LogP contribution in [0, 0.1) is 5.92 Å². The summed E-state index contributed by atoms with van der Waals surface area (Å²) in [5, 5.41) is 66.1. The van der Waals surface area contributed by atoms with Crippen molar-refractivity contribution >= 4 is 12.2 Å². The van der Waals surface area contributed by atoms with Gasteiger partial charge < -0.3 is 84.5 Å². The number of fused-ring (bicyclic) bond motifs is 1. The number of aliphatic hydroxyl groups is 5.